The van der Waals surface area contributed by atoms with Crippen molar-refractivity contribution in [2.24, 2.45) is 5.73 Å². The lowest BCUT2D eigenvalue weighted by Crippen LogP contribution is -2.52. The first kappa shape index (κ1) is 12.9. The van der Waals surface area contributed by atoms with Crippen molar-refractivity contribution < 1.29 is 13.2 Å². The number of nitrogens with two attached hydrogens (primary N) is 1. The molecule has 1 rings (SSSR count). The van der Waals surface area contributed by atoms with Crippen molar-refractivity contribution in [3.05, 3.63) is 0 Å². The Balaban J connectivity index is 2.51. The lowest BCUT2D eigenvalue weighted by molar-refractivity contribution is 0.0386. The maximum Gasteiger partial charge on any atom is 0.212 e. The molecule has 15 heavy (non-hydrogen) atoms. The van der Waals surface area contributed by atoms with Crippen molar-refractivity contribution in [2.75, 3.05) is 25.5 Å². The summed E-state index contributed by atoms with van der Waals surface area (Å²) in [6.45, 7) is 3.45. The van der Waals surface area contributed by atoms with E-state index in [1.54, 1.807) is 0 Å². The minimum absolute atomic E-state index is 0.0963. The zero-order chi connectivity index (χ0) is 11.4. The summed E-state index contributed by atoms with van der Waals surface area (Å²) in [5, 5.41) is 0. The molecule has 0 aliphatic carbocycles. The van der Waals surface area contributed by atoms with Gasteiger partial charge in [-0.1, -0.05) is 0 Å². The first-order chi connectivity index (χ1) is 6.97. The van der Waals surface area contributed by atoms with E-state index < -0.39 is 15.6 Å². The van der Waals surface area contributed by atoms with Gasteiger partial charge in [0.15, 0.2) is 0 Å². The normalized spacial score (nSPS) is 27.9. The van der Waals surface area contributed by atoms with Gasteiger partial charge < -0.3 is 10.5 Å². The molecule has 0 aromatic carbocycles. The molecule has 6 heteroatoms. The number of ether oxygens (including phenoxy) is 1. The third-order valence-electron chi connectivity index (χ3n) is 2.46. The number of rotatable bonds is 5. The van der Waals surface area contributed by atoms with Gasteiger partial charge in [0.25, 0.3) is 0 Å². The van der Waals surface area contributed by atoms with Crippen LogP contribution in [0.1, 0.15) is 26.2 Å². The van der Waals surface area contributed by atoms with Crippen LogP contribution in [0.15, 0.2) is 0 Å². The molecule has 90 valence electrons. The van der Waals surface area contributed by atoms with Gasteiger partial charge in [-0.3, -0.25) is 0 Å². The van der Waals surface area contributed by atoms with Gasteiger partial charge in [0.1, 0.15) is 0 Å². The lowest BCUT2D eigenvalue weighted by Gasteiger charge is -2.33. The average molecular weight is 236 g/mol. The average Bonchev–Trinajstić information content (AvgIpc) is 2.14. The summed E-state index contributed by atoms with van der Waals surface area (Å²) in [5.41, 5.74) is 4.85. The Morgan fingerprint density at radius 1 is 1.53 bits per heavy atom. The molecular weight excluding hydrogens is 216 g/mol. The third-order valence-corrected chi connectivity index (χ3v) is 4.09. The van der Waals surface area contributed by atoms with Gasteiger partial charge in [-0.05, 0) is 32.7 Å². The second-order valence-corrected chi connectivity index (χ2v) is 6.12. The fourth-order valence-corrected chi connectivity index (χ4v) is 3.27. The molecule has 1 heterocycles. The van der Waals surface area contributed by atoms with Crippen LogP contribution in [0.25, 0.3) is 0 Å². The Labute approximate surface area is 91.4 Å². The molecule has 0 spiro atoms. The predicted molar refractivity (Wildman–Crippen MR) is 59.1 cm³/mol. The standard InChI is InChI=1S/C9H20N2O3S/c1-9(4-2-6-14-8-9)11-15(12,13)7-3-5-10/h11H,2-8,10H2,1H3. The number of sulfonamides is 1. The minimum Gasteiger partial charge on any atom is -0.380 e. The molecule has 1 aliphatic rings. The molecule has 1 aliphatic heterocycles. The van der Waals surface area contributed by atoms with E-state index in [1.807, 2.05) is 6.92 Å². The lowest BCUT2D eigenvalue weighted by atomic mass is 9.97. The number of hydrogen-bond acceptors (Lipinski definition) is 4. The van der Waals surface area contributed by atoms with Crippen molar-refractivity contribution in [1.29, 1.82) is 0 Å². The van der Waals surface area contributed by atoms with E-state index in [4.69, 9.17) is 10.5 Å². The van der Waals surface area contributed by atoms with Gasteiger partial charge in [0, 0.05) is 6.61 Å². The SMILES string of the molecule is CC1(NS(=O)(=O)CCCN)CCCOC1. The highest BCUT2D eigenvalue weighted by Crippen LogP contribution is 2.19. The van der Waals surface area contributed by atoms with Crippen LogP contribution < -0.4 is 10.5 Å². The van der Waals surface area contributed by atoms with Crippen molar-refractivity contribution in [1.82, 2.24) is 4.72 Å². The molecule has 1 fully saturated rings. The molecule has 3 N–H and O–H groups in total. The Morgan fingerprint density at radius 2 is 2.27 bits per heavy atom. The van der Waals surface area contributed by atoms with E-state index in [1.165, 1.54) is 0 Å². The van der Waals surface area contributed by atoms with E-state index in [0.717, 1.165) is 19.4 Å². The highest BCUT2D eigenvalue weighted by Gasteiger charge is 2.31. The highest BCUT2D eigenvalue weighted by atomic mass is 32.2. The number of nitrogens with one attached hydrogen (secondary N) is 1. The second-order valence-electron chi connectivity index (χ2n) is 4.28. The fraction of sp³-hybridized carbons (Fsp3) is 1.00. The molecule has 0 saturated carbocycles. The zero-order valence-electron chi connectivity index (χ0n) is 9.16. The first-order valence-electron chi connectivity index (χ1n) is 5.27. The van der Waals surface area contributed by atoms with Gasteiger partial charge in [-0.15, -0.1) is 0 Å². The minimum atomic E-state index is -3.21. The Kier molecular flexibility index (Phi) is 4.51. The van der Waals surface area contributed by atoms with Gasteiger partial charge >= 0.3 is 0 Å². The van der Waals surface area contributed by atoms with Crippen LogP contribution in [-0.2, 0) is 14.8 Å². The quantitative estimate of drug-likeness (QED) is 0.694. The maximum absolute atomic E-state index is 11.6. The van der Waals surface area contributed by atoms with E-state index in [-0.39, 0.29) is 5.75 Å². The molecule has 0 radical (unpaired) electrons. The van der Waals surface area contributed by atoms with Crippen LogP contribution in [-0.4, -0.2) is 39.5 Å². The third kappa shape index (κ3) is 4.46. The molecular formula is C9H20N2O3S. The maximum atomic E-state index is 11.6. The molecule has 1 atom stereocenters. The first-order valence-corrected chi connectivity index (χ1v) is 6.92. The molecule has 1 unspecified atom stereocenters. The van der Waals surface area contributed by atoms with Crippen LogP contribution in [0, 0.1) is 0 Å². The van der Waals surface area contributed by atoms with E-state index in [0.29, 0.717) is 19.6 Å². The summed E-state index contributed by atoms with van der Waals surface area (Å²) in [4.78, 5) is 0. The smallest absolute Gasteiger partial charge is 0.212 e. The summed E-state index contributed by atoms with van der Waals surface area (Å²) in [5.74, 6) is 0.0963. The van der Waals surface area contributed by atoms with Gasteiger partial charge in [-0.25, -0.2) is 13.1 Å². The van der Waals surface area contributed by atoms with Crippen molar-refractivity contribution >= 4 is 10.0 Å². The van der Waals surface area contributed by atoms with E-state index >= 15 is 0 Å². The highest BCUT2D eigenvalue weighted by molar-refractivity contribution is 7.89. The summed E-state index contributed by atoms with van der Waals surface area (Å²) < 4.78 is 31.3. The molecule has 0 amide bonds. The van der Waals surface area contributed by atoms with Crippen molar-refractivity contribution in [2.45, 2.75) is 31.7 Å². The Hall–Kier alpha value is -0.170. The molecule has 0 aromatic heterocycles. The van der Waals surface area contributed by atoms with Crippen LogP contribution in [0.2, 0.25) is 0 Å². The summed E-state index contributed by atoms with van der Waals surface area (Å²) >= 11 is 0. The van der Waals surface area contributed by atoms with Crippen molar-refractivity contribution in [3.8, 4) is 0 Å². The van der Waals surface area contributed by atoms with Crippen LogP contribution >= 0.6 is 0 Å². The van der Waals surface area contributed by atoms with Crippen LogP contribution in [0.4, 0.5) is 0 Å². The molecule has 0 aromatic rings. The molecule has 0 bridgehead atoms. The van der Waals surface area contributed by atoms with Gasteiger partial charge in [0.05, 0.1) is 17.9 Å². The summed E-state index contributed by atoms with van der Waals surface area (Å²) in [7, 11) is -3.21. The summed E-state index contributed by atoms with van der Waals surface area (Å²) in [6.07, 6.45) is 2.22. The van der Waals surface area contributed by atoms with E-state index in [2.05, 4.69) is 4.72 Å². The molecule has 1 saturated heterocycles. The second kappa shape index (κ2) is 5.25. The topological polar surface area (TPSA) is 81.4 Å². The summed E-state index contributed by atoms with van der Waals surface area (Å²) in [6, 6.07) is 0. The predicted octanol–water partition coefficient (Wildman–Crippen LogP) is -0.176. The van der Waals surface area contributed by atoms with E-state index in [9.17, 15) is 8.42 Å². The largest absolute Gasteiger partial charge is 0.380 e. The monoisotopic (exact) mass is 236 g/mol. The van der Waals surface area contributed by atoms with Crippen LogP contribution in [0.5, 0.6) is 0 Å². The van der Waals surface area contributed by atoms with Crippen molar-refractivity contribution in [3.63, 3.8) is 0 Å². The molecule has 5 nitrogen and oxygen atoms in total. The van der Waals surface area contributed by atoms with Gasteiger partial charge in [0.2, 0.25) is 10.0 Å². The number of hydrogen-bond donors (Lipinski definition) is 2. The Bertz CT molecular complexity index is 284. The van der Waals surface area contributed by atoms with Crippen LogP contribution in [0.3, 0.4) is 0 Å². The Morgan fingerprint density at radius 3 is 2.80 bits per heavy atom. The fourth-order valence-electron chi connectivity index (χ4n) is 1.71. The van der Waals surface area contributed by atoms with Gasteiger partial charge in [-0.2, -0.15) is 0 Å². The zero-order valence-corrected chi connectivity index (χ0v) is 9.98.